The smallest absolute Gasteiger partial charge is 0.319 e. The molecule has 0 aliphatic rings. The number of imide groups is 1. The van der Waals surface area contributed by atoms with Crippen molar-refractivity contribution in [3.8, 4) is 11.8 Å². The zero-order valence-corrected chi connectivity index (χ0v) is 12.3. The second-order valence-corrected chi connectivity index (χ2v) is 4.75. The lowest BCUT2D eigenvalue weighted by molar-refractivity contribution is -0.115. The topological polar surface area (TPSA) is 105 Å². The van der Waals surface area contributed by atoms with Crippen LogP contribution in [-0.2, 0) is 4.79 Å². The van der Waals surface area contributed by atoms with Crippen LogP contribution in [0.15, 0.2) is 23.8 Å². The van der Waals surface area contributed by atoms with E-state index < -0.39 is 11.9 Å². The number of primary amides is 1. The maximum atomic E-state index is 11.5. The maximum Gasteiger partial charge on any atom is 0.319 e. The summed E-state index contributed by atoms with van der Waals surface area (Å²) in [5, 5.41) is 11.1. The van der Waals surface area contributed by atoms with E-state index in [-0.39, 0.29) is 11.7 Å². The number of carbonyl (C=O) groups is 2. The fraction of sp³-hybridized carbons (Fsp3) is 0.214. The van der Waals surface area contributed by atoms with Gasteiger partial charge in [0.15, 0.2) is 0 Å². The van der Waals surface area contributed by atoms with Gasteiger partial charge >= 0.3 is 6.03 Å². The minimum atomic E-state index is -1.03. The van der Waals surface area contributed by atoms with Gasteiger partial charge in [0.05, 0.1) is 11.1 Å². The van der Waals surface area contributed by atoms with Crippen LogP contribution >= 0.6 is 11.6 Å². The van der Waals surface area contributed by atoms with Gasteiger partial charge in [-0.25, -0.2) is 4.79 Å². The average molecular weight is 308 g/mol. The lowest BCUT2D eigenvalue weighted by Crippen LogP contribution is -2.35. The van der Waals surface area contributed by atoms with Crippen LogP contribution in [0.5, 0.6) is 5.75 Å². The van der Waals surface area contributed by atoms with Gasteiger partial charge in [-0.2, -0.15) is 5.26 Å². The Bertz CT molecular complexity index is 633. The number of urea groups is 1. The summed E-state index contributed by atoms with van der Waals surface area (Å²) >= 11 is 6.05. The summed E-state index contributed by atoms with van der Waals surface area (Å²) in [6.07, 6.45) is 1.27. The molecule has 7 heteroatoms. The van der Waals surface area contributed by atoms with Crippen molar-refractivity contribution in [2.24, 2.45) is 5.73 Å². The van der Waals surface area contributed by atoms with Gasteiger partial charge in [-0.15, -0.1) is 0 Å². The van der Waals surface area contributed by atoms with Gasteiger partial charge in [-0.3, -0.25) is 10.1 Å². The molecule has 6 nitrogen and oxygen atoms in total. The van der Waals surface area contributed by atoms with Crippen LogP contribution in [0.25, 0.3) is 6.08 Å². The minimum Gasteiger partial charge on any atom is -0.489 e. The summed E-state index contributed by atoms with van der Waals surface area (Å²) in [5.74, 6) is -0.368. The number of nitrogens with zero attached hydrogens (tertiary/aromatic N) is 1. The van der Waals surface area contributed by atoms with E-state index in [9.17, 15) is 9.59 Å². The summed E-state index contributed by atoms with van der Waals surface area (Å²) in [7, 11) is 0. The molecule has 3 amide bonds. The summed E-state index contributed by atoms with van der Waals surface area (Å²) in [6.45, 7) is 3.73. The fourth-order valence-corrected chi connectivity index (χ4v) is 1.68. The summed E-state index contributed by atoms with van der Waals surface area (Å²) < 4.78 is 5.47. The van der Waals surface area contributed by atoms with E-state index >= 15 is 0 Å². The van der Waals surface area contributed by atoms with Gasteiger partial charge in [0.1, 0.15) is 17.4 Å². The molecule has 0 aromatic heterocycles. The zero-order chi connectivity index (χ0) is 16.0. The van der Waals surface area contributed by atoms with Gasteiger partial charge in [0, 0.05) is 0 Å². The Balaban J connectivity index is 3.02. The summed E-state index contributed by atoms with van der Waals surface area (Å²) in [5.41, 5.74) is 5.08. The number of nitrogens with two attached hydrogens (primary N) is 1. The predicted molar refractivity (Wildman–Crippen MR) is 78.5 cm³/mol. The van der Waals surface area contributed by atoms with Crippen molar-refractivity contribution in [3.05, 3.63) is 34.4 Å². The van der Waals surface area contributed by atoms with Crippen LogP contribution in [-0.4, -0.2) is 18.0 Å². The van der Waals surface area contributed by atoms with Gasteiger partial charge in [-0.1, -0.05) is 17.7 Å². The van der Waals surface area contributed by atoms with E-state index in [1.165, 1.54) is 6.08 Å². The molecule has 0 spiro atoms. The molecule has 0 heterocycles. The quantitative estimate of drug-likeness (QED) is 0.657. The molecule has 0 saturated carbocycles. The highest BCUT2D eigenvalue weighted by atomic mass is 35.5. The van der Waals surface area contributed by atoms with Crippen molar-refractivity contribution in [3.63, 3.8) is 0 Å². The van der Waals surface area contributed by atoms with E-state index in [2.05, 4.69) is 0 Å². The number of ether oxygens (including phenoxy) is 1. The molecule has 1 rings (SSSR count). The Hall–Kier alpha value is -2.52. The SMILES string of the molecule is CC(C)Oc1ccc(/C=C(/C#N)C(=O)NC(N)=O)cc1Cl. The number of benzene rings is 1. The molecule has 21 heavy (non-hydrogen) atoms. The van der Waals surface area contributed by atoms with Crippen LogP contribution in [0.3, 0.4) is 0 Å². The summed E-state index contributed by atoms with van der Waals surface area (Å²) in [6, 6.07) is 5.48. The highest BCUT2D eigenvalue weighted by Gasteiger charge is 2.11. The minimum absolute atomic E-state index is 0.0279. The van der Waals surface area contributed by atoms with Crippen molar-refractivity contribution in [1.29, 1.82) is 5.26 Å². The summed E-state index contributed by atoms with van der Waals surface area (Å²) in [4.78, 5) is 22.1. The first kappa shape index (κ1) is 16.5. The second kappa shape index (κ2) is 7.31. The van der Waals surface area contributed by atoms with Crippen molar-refractivity contribution in [2.45, 2.75) is 20.0 Å². The standard InChI is InChI=1S/C14H14ClN3O3/c1-8(2)21-12-4-3-9(6-11(12)15)5-10(7-16)13(19)18-14(17)20/h3-6,8H,1-2H3,(H3,17,18,19,20)/b10-5-. The highest BCUT2D eigenvalue weighted by Crippen LogP contribution is 2.27. The molecule has 1 aromatic carbocycles. The van der Waals surface area contributed by atoms with E-state index in [1.807, 2.05) is 19.2 Å². The lowest BCUT2D eigenvalue weighted by Gasteiger charge is -2.11. The molecular formula is C14H14ClN3O3. The first-order chi connectivity index (χ1) is 9.83. The number of nitriles is 1. The van der Waals surface area contributed by atoms with Crippen molar-refractivity contribution < 1.29 is 14.3 Å². The van der Waals surface area contributed by atoms with E-state index in [4.69, 9.17) is 27.3 Å². The van der Waals surface area contributed by atoms with Crippen LogP contribution < -0.4 is 15.8 Å². The molecule has 3 N–H and O–H groups in total. The molecule has 0 atom stereocenters. The van der Waals surface area contributed by atoms with E-state index in [0.29, 0.717) is 16.3 Å². The largest absolute Gasteiger partial charge is 0.489 e. The number of halogens is 1. The molecular weight excluding hydrogens is 294 g/mol. The van der Waals surface area contributed by atoms with Crippen molar-refractivity contribution in [1.82, 2.24) is 5.32 Å². The number of carbonyl (C=O) groups excluding carboxylic acids is 2. The van der Waals surface area contributed by atoms with Gasteiger partial charge in [-0.05, 0) is 37.6 Å². The van der Waals surface area contributed by atoms with Gasteiger partial charge in [0.25, 0.3) is 5.91 Å². The van der Waals surface area contributed by atoms with Crippen molar-refractivity contribution in [2.75, 3.05) is 0 Å². The molecule has 110 valence electrons. The third-order valence-corrected chi connectivity index (χ3v) is 2.53. The molecule has 0 unspecified atom stereocenters. The van der Waals surface area contributed by atoms with Crippen LogP contribution in [0.4, 0.5) is 4.79 Å². The van der Waals surface area contributed by atoms with Gasteiger partial charge in [0.2, 0.25) is 0 Å². The fourth-order valence-electron chi connectivity index (χ4n) is 1.45. The monoisotopic (exact) mass is 307 g/mol. The van der Waals surface area contributed by atoms with Crippen molar-refractivity contribution >= 4 is 29.6 Å². The highest BCUT2D eigenvalue weighted by molar-refractivity contribution is 6.32. The molecule has 0 radical (unpaired) electrons. The number of amides is 3. The normalized spacial score (nSPS) is 10.9. The Labute approximate surface area is 127 Å². The third-order valence-electron chi connectivity index (χ3n) is 2.23. The number of hydrogen-bond donors (Lipinski definition) is 2. The van der Waals surface area contributed by atoms with E-state index in [0.717, 1.165) is 0 Å². The number of rotatable bonds is 4. The first-order valence-electron chi connectivity index (χ1n) is 6.02. The number of hydrogen-bond acceptors (Lipinski definition) is 4. The van der Waals surface area contributed by atoms with Crippen LogP contribution in [0, 0.1) is 11.3 Å². The third kappa shape index (κ3) is 5.16. The Kier molecular flexibility index (Phi) is 5.76. The molecule has 0 saturated heterocycles. The maximum absolute atomic E-state index is 11.5. The molecule has 0 bridgehead atoms. The number of nitrogens with one attached hydrogen (secondary N) is 1. The van der Waals surface area contributed by atoms with E-state index in [1.54, 1.807) is 24.3 Å². The van der Waals surface area contributed by atoms with Crippen LogP contribution in [0.1, 0.15) is 19.4 Å². The zero-order valence-electron chi connectivity index (χ0n) is 11.5. The molecule has 0 aliphatic carbocycles. The second-order valence-electron chi connectivity index (χ2n) is 4.34. The lowest BCUT2D eigenvalue weighted by atomic mass is 10.1. The predicted octanol–water partition coefficient (Wildman–Crippen LogP) is 2.23. The molecule has 0 aliphatic heterocycles. The van der Waals surface area contributed by atoms with Crippen LogP contribution in [0.2, 0.25) is 5.02 Å². The van der Waals surface area contributed by atoms with Gasteiger partial charge < -0.3 is 10.5 Å². The Morgan fingerprint density at radius 3 is 2.62 bits per heavy atom. The Morgan fingerprint density at radius 2 is 2.14 bits per heavy atom. The average Bonchev–Trinajstić information content (AvgIpc) is 2.37. The molecule has 0 fully saturated rings. The first-order valence-corrected chi connectivity index (χ1v) is 6.40. The molecule has 1 aromatic rings. The Morgan fingerprint density at radius 1 is 1.48 bits per heavy atom.